The van der Waals surface area contributed by atoms with Crippen LogP contribution in [0.2, 0.25) is 0 Å². The molecule has 0 radical (unpaired) electrons. The molecule has 4 aromatic rings. The Morgan fingerprint density at radius 2 is 1.84 bits per heavy atom. The van der Waals surface area contributed by atoms with Crippen LogP contribution in [-0.2, 0) is 12.8 Å². The minimum atomic E-state index is -0.0649. The second-order valence-corrected chi connectivity index (χ2v) is 6.65. The molecule has 0 N–H and O–H groups in total. The van der Waals surface area contributed by atoms with Gasteiger partial charge in [-0.05, 0) is 36.4 Å². The molecule has 0 saturated heterocycles. The second-order valence-electron chi connectivity index (χ2n) is 5.60. The molecule has 2 aromatic carbocycles. The van der Waals surface area contributed by atoms with Crippen LogP contribution in [-0.4, -0.2) is 26.3 Å². The van der Waals surface area contributed by atoms with E-state index in [1.54, 1.807) is 25.9 Å². The van der Waals surface area contributed by atoms with Gasteiger partial charge in [-0.3, -0.25) is 13.8 Å². The lowest BCUT2D eigenvalue weighted by atomic mass is 10.2. The van der Waals surface area contributed by atoms with Gasteiger partial charge in [0.2, 0.25) is 5.78 Å². The Bertz CT molecular complexity index is 1120. The van der Waals surface area contributed by atoms with Gasteiger partial charge >= 0.3 is 0 Å². The first-order chi connectivity index (χ1) is 12.2. The van der Waals surface area contributed by atoms with E-state index < -0.39 is 0 Å². The summed E-state index contributed by atoms with van der Waals surface area (Å²) in [6.45, 7) is 0. The second kappa shape index (κ2) is 6.25. The summed E-state index contributed by atoms with van der Waals surface area (Å²) in [6, 6.07) is 15.4. The molecule has 2 heterocycles. The third-order valence-corrected chi connectivity index (χ3v) is 5.13. The number of ether oxygens (including phenoxy) is 1. The van der Waals surface area contributed by atoms with Crippen LogP contribution in [0.15, 0.2) is 58.2 Å². The highest BCUT2D eigenvalue weighted by molar-refractivity contribution is 7.98. The van der Waals surface area contributed by atoms with Crippen molar-refractivity contribution in [2.75, 3.05) is 7.11 Å². The molecule has 0 amide bonds. The molecule has 6 nitrogen and oxygen atoms in total. The van der Waals surface area contributed by atoms with Crippen LogP contribution < -0.4 is 10.3 Å². The van der Waals surface area contributed by atoms with Gasteiger partial charge in [-0.1, -0.05) is 12.1 Å². The average Bonchev–Trinajstić information content (AvgIpc) is 3.09. The number of thioether (sulfide) groups is 1. The van der Waals surface area contributed by atoms with E-state index in [0.717, 1.165) is 22.0 Å². The molecule has 25 heavy (non-hydrogen) atoms. The van der Waals surface area contributed by atoms with Gasteiger partial charge in [0.25, 0.3) is 5.56 Å². The Balaban J connectivity index is 1.76. The van der Waals surface area contributed by atoms with Crippen molar-refractivity contribution in [1.82, 2.24) is 19.2 Å². The molecule has 0 unspecified atom stereocenters. The number of hydrogen-bond donors (Lipinski definition) is 0. The predicted molar refractivity (Wildman–Crippen MR) is 98.3 cm³/mol. The molecule has 0 aliphatic rings. The minimum Gasteiger partial charge on any atom is -0.497 e. The van der Waals surface area contributed by atoms with Crippen molar-refractivity contribution in [3.63, 3.8) is 0 Å². The number of fused-ring (bicyclic) bond motifs is 3. The first kappa shape index (κ1) is 15.7. The first-order valence-electron chi connectivity index (χ1n) is 7.77. The van der Waals surface area contributed by atoms with Crippen LogP contribution in [0.5, 0.6) is 5.75 Å². The van der Waals surface area contributed by atoms with Gasteiger partial charge in [-0.25, -0.2) is 0 Å². The Morgan fingerprint density at radius 3 is 2.60 bits per heavy atom. The molecule has 7 heteroatoms. The fourth-order valence-corrected chi connectivity index (χ4v) is 3.62. The largest absolute Gasteiger partial charge is 0.497 e. The lowest BCUT2D eigenvalue weighted by molar-refractivity contribution is 0.414. The lowest BCUT2D eigenvalue weighted by Crippen LogP contribution is -2.20. The zero-order valence-corrected chi connectivity index (χ0v) is 14.7. The maximum absolute atomic E-state index is 12.5. The summed E-state index contributed by atoms with van der Waals surface area (Å²) >= 11 is 1.66. The molecular weight excluding hydrogens is 336 g/mol. The van der Waals surface area contributed by atoms with Crippen LogP contribution in [0.1, 0.15) is 5.82 Å². The van der Waals surface area contributed by atoms with Crippen molar-refractivity contribution >= 4 is 28.4 Å². The average molecular weight is 352 g/mol. The highest BCUT2D eigenvalue weighted by Crippen LogP contribution is 2.25. The molecule has 0 fully saturated rings. The third kappa shape index (κ3) is 2.66. The molecule has 0 saturated carbocycles. The number of methoxy groups -OCH3 is 1. The summed E-state index contributed by atoms with van der Waals surface area (Å²) in [5, 5.41) is 9.18. The summed E-state index contributed by atoms with van der Waals surface area (Å²) in [4.78, 5) is 13.6. The topological polar surface area (TPSA) is 61.4 Å². The quantitative estimate of drug-likeness (QED) is 0.529. The van der Waals surface area contributed by atoms with Crippen LogP contribution in [0, 0.1) is 0 Å². The van der Waals surface area contributed by atoms with E-state index in [2.05, 4.69) is 10.2 Å². The summed E-state index contributed by atoms with van der Waals surface area (Å²) in [6.07, 6.45) is 0. The number of para-hydroxylation sites is 1. The van der Waals surface area contributed by atoms with Crippen LogP contribution >= 0.6 is 11.8 Å². The number of rotatable bonds is 4. The molecule has 0 atom stereocenters. The molecule has 4 rings (SSSR count). The van der Waals surface area contributed by atoms with E-state index in [4.69, 9.17) is 4.74 Å². The Morgan fingerprint density at radius 1 is 1.08 bits per heavy atom. The van der Waals surface area contributed by atoms with Crippen molar-refractivity contribution in [1.29, 1.82) is 0 Å². The number of benzene rings is 2. The highest BCUT2D eigenvalue weighted by atomic mass is 32.2. The van der Waals surface area contributed by atoms with Crippen molar-refractivity contribution in [2.45, 2.75) is 10.6 Å². The number of aryl methyl sites for hydroxylation is 1. The SMILES string of the molecule is COc1ccc(SCc2nnc3n(C)c(=O)c4ccccc4n23)cc1. The molecule has 2 aromatic heterocycles. The molecule has 0 aliphatic carbocycles. The maximum atomic E-state index is 12.5. The van der Waals surface area contributed by atoms with E-state index in [9.17, 15) is 4.79 Å². The molecule has 0 spiro atoms. The summed E-state index contributed by atoms with van der Waals surface area (Å²) in [5.41, 5.74) is 0.765. The van der Waals surface area contributed by atoms with Crippen molar-refractivity contribution in [3.05, 3.63) is 64.7 Å². The van der Waals surface area contributed by atoms with Gasteiger partial charge in [0, 0.05) is 11.9 Å². The number of aromatic nitrogens is 4. The van der Waals surface area contributed by atoms with Gasteiger partial charge in [-0.2, -0.15) is 0 Å². The summed E-state index contributed by atoms with van der Waals surface area (Å²) in [5.74, 6) is 2.84. The van der Waals surface area contributed by atoms with Gasteiger partial charge in [0.05, 0.1) is 23.8 Å². The smallest absolute Gasteiger partial charge is 0.262 e. The fourth-order valence-electron chi connectivity index (χ4n) is 2.81. The minimum absolute atomic E-state index is 0.0649. The monoisotopic (exact) mass is 352 g/mol. The Hall–Kier alpha value is -2.80. The van der Waals surface area contributed by atoms with Gasteiger partial charge in [-0.15, -0.1) is 22.0 Å². The van der Waals surface area contributed by atoms with Gasteiger partial charge in [0.15, 0.2) is 0 Å². The fraction of sp³-hybridized carbons (Fsp3) is 0.167. The van der Waals surface area contributed by atoms with Crippen LogP contribution in [0.25, 0.3) is 16.7 Å². The standard InChI is InChI=1S/C18H16N4O2S/c1-21-17(23)14-5-3-4-6-15(14)22-16(19-20-18(21)22)11-25-13-9-7-12(24-2)8-10-13/h3-10H,11H2,1-2H3. The third-order valence-electron chi connectivity index (χ3n) is 4.12. The van der Waals surface area contributed by atoms with Gasteiger partial charge in [0.1, 0.15) is 11.6 Å². The molecular formula is C18H16N4O2S. The highest BCUT2D eigenvalue weighted by Gasteiger charge is 2.14. The zero-order valence-electron chi connectivity index (χ0n) is 13.8. The van der Waals surface area contributed by atoms with E-state index in [0.29, 0.717) is 16.9 Å². The van der Waals surface area contributed by atoms with Crippen molar-refractivity contribution in [2.24, 2.45) is 7.05 Å². The van der Waals surface area contributed by atoms with Crippen LogP contribution in [0.4, 0.5) is 0 Å². The zero-order chi connectivity index (χ0) is 17.4. The lowest BCUT2D eigenvalue weighted by Gasteiger charge is -2.08. The van der Waals surface area contributed by atoms with Gasteiger partial charge < -0.3 is 4.74 Å². The summed E-state index contributed by atoms with van der Waals surface area (Å²) in [7, 11) is 3.37. The van der Waals surface area contributed by atoms with E-state index in [-0.39, 0.29) is 5.56 Å². The molecule has 126 valence electrons. The molecule has 0 aliphatic heterocycles. The number of hydrogen-bond acceptors (Lipinski definition) is 5. The van der Waals surface area contributed by atoms with E-state index >= 15 is 0 Å². The number of nitrogens with zero attached hydrogens (tertiary/aromatic N) is 4. The Kier molecular flexibility index (Phi) is 3.93. The summed E-state index contributed by atoms with van der Waals surface area (Å²) < 4.78 is 8.67. The van der Waals surface area contributed by atoms with Crippen molar-refractivity contribution in [3.8, 4) is 5.75 Å². The normalized spacial score (nSPS) is 11.3. The van der Waals surface area contributed by atoms with Crippen molar-refractivity contribution < 1.29 is 4.74 Å². The molecule has 0 bridgehead atoms. The van der Waals surface area contributed by atoms with E-state index in [1.165, 1.54) is 4.57 Å². The first-order valence-corrected chi connectivity index (χ1v) is 8.76. The van der Waals surface area contributed by atoms with E-state index in [1.807, 2.05) is 52.9 Å². The van der Waals surface area contributed by atoms with Crippen LogP contribution in [0.3, 0.4) is 0 Å². The predicted octanol–water partition coefficient (Wildman–Crippen LogP) is 2.88. The Labute approximate surface area is 148 Å². The maximum Gasteiger partial charge on any atom is 0.262 e.